The number of hydrogen-bond donors (Lipinski definition) is 2. The van der Waals surface area contributed by atoms with Gasteiger partial charge in [-0.25, -0.2) is 4.98 Å². The van der Waals surface area contributed by atoms with Gasteiger partial charge in [0.2, 0.25) is 0 Å². The maximum Gasteiger partial charge on any atom is 0.137 e. The van der Waals surface area contributed by atoms with Crippen LogP contribution in [0.15, 0.2) is 67.1 Å². The lowest BCUT2D eigenvalue weighted by Crippen LogP contribution is -2.01. The molecule has 2 aromatic heterocycles. The minimum atomic E-state index is 0.705. The van der Waals surface area contributed by atoms with E-state index >= 15 is 0 Å². The molecule has 0 radical (unpaired) electrons. The van der Waals surface area contributed by atoms with Crippen LogP contribution in [0.1, 0.15) is 16.7 Å². The SMILES string of the molecule is Cc1ccnc(Nc2cccnc2)c1/C=C(\N)c1ccccc1. The first-order valence-electron chi connectivity index (χ1n) is 7.39. The zero-order valence-corrected chi connectivity index (χ0v) is 12.9. The Morgan fingerprint density at radius 2 is 1.87 bits per heavy atom. The highest BCUT2D eigenvalue weighted by molar-refractivity contribution is 5.84. The highest BCUT2D eigenvalue weighted by Crippen LogP contribution is 2.24. The maximum absolute atomic E-state index is 6.25. The molecule has 3 aromatic rings. The lowest BCUT2D eigenvalue weighted by molar-refractivity contribution is 1.24. The lowest BCUT2D eigenvalue weighted by atomic mass is 10.1. The number of anilines is 2. The fourth-order valence-electron chi connectivity index (χ4n) is 2.29. The van der Waals surface area contributed by atoms with Gasteiger partial charge in [-0.05, 0) is 42.3 Å². The Labute approximate surface area is 135 Å². The number of pyridine rings is 2. The van der Waals surface area contributed by atoms with Crippen LogP contribution in [0, 0.1) is 6.92 Å². The largest absolute Gasteiger partial charge is 0.398 e. The van der Waals surface area contributed by atoms with Crippen LogP contribution in [0.2, 0.25) is 0 Å². The van der Waals surface area contributed by atoms with Crippen molar-refractivity contribution >= 4 is 23.3 Å². The van der Waals surface area contributed by atoms with Crippen molar-refractivity contribution in [2.75, 3.05) is 5.32 Å². The number of aromatic nitrogens is 2. The van der Waals surface area contributed by atoms with Crippen LogP contribution in [0.3, 0.4) is 0 Å². The molecule has 0 spiro atoms. The van der Waals surface area contributed by atoms with E-state index in [1.807, 2.05) is 61.5 Å². The minimum Gasteiger partial charge on any atom is -0.398 e. The summed E-state index contributed by atoms with van der Waals surface area (Å²) in [6.07, 6.45) is 7.24. The Kier molecular flexibility index (Phi) is 4.34. The predicted molar refractivity (Wildman–Crippen MR) is 95.0 cm³/mol. The molecule has 4 heteroatoms. The van der Waals surface area contributed by atoms with Gasteiger partial charge in [-0.15, -0.1) is 0 Å². The third-order valence-corrected chi connectivity index (χ3v) is 3.54. The van der Waals surface area contributed by atoms with Crippen LogP contribution >= 0.6 is 0 Å². The van der Waals surface area contributed by atoms with Crippen molar-refractivity contribution in [2.45, 2.75) is 6.92 Å². The van der Waals surface area contributed by atoms with Crippen molar-refractivity contribution in [3.8, 4) is 0 Å². The van der Waals surface area contributed by atoms with Crippen molar-refractivity contribution < 1.29 is 0 Å². The van der Waals surface area contributed by atoms with E-state index in [2.05, 4.69) is 15.3 Å². The van der Waals surface area contributed by atoms with E-state index in [1.54, 1.807) is 18.6 Å². The second-order valence-corrected chi connectivity index (χ2v) is 5.22. The second-order valence-electron chi connectivity index (χ2n) is 5.22. The van der Waals surface area contributed by atoms with E-state index in [4.69, 9.17) is 5.73 Å². The molecule has 0 bridgehead atoms. The van der Waals surface area contributed by atoms with Crippen LogP contribution in [-0.2, 0) is 0 Å². The molecule has 3 N–H and O–H groups in total. The van der Waals surface area contributed by atoms with Gasteiger partial charge in [0.15, 0.2) is 0 Å². The monoisotopic (exact) mass is 302 g/mol. The molecule has 0 amide bonds. The van der Waals surface area contributed by atoms with Gasteiger partial charge in [0.25, 0.3) is 0 Å². The molecule has 4 nitrogen and oxygen atoms in total. The van der Waals surface area contributed by atoms with Crippen molar-refractivity contribution in [3.63, 3.8) is 0 Å². The topological polar surface area (TPSA) is 63.8 Å². The highest BCUT2D eigenvalue weighted by Gasteiger charge is 2.07. The number of rotatable bonds is 4. The number of nitrogens with two attached hydrogens (primary N) is 1. The summed E-state index contributed by atoms with van der Waals surface area (Å²) >= 11 is 0. The van der Waals surface area contributed by atoms with E-state index < -0.39 is 0 Å². The molecule has 0 aliphatic heterocycles. The molecule has 0 saturated heterocycles. The normalized spacial score (nSPS) is 11.3. The average molecular weight is 302 g/mol. The molecular formula is C19H18N4. The third kappa shape index (κ3) is 3.55. The summed E-state index contributed by atoms with van der Waals surface area (Å²) in [5.41, 5.74) is 10.9. The molecule has 0 unspecified atom stereocenters. The van der Waals surface area contributed by atoms with Gasteiger partial charge < -0.3 is 11.1 Å². The first kappa shape index (κ1) is 14.8. The van der Waals surface area contributed by atoms with Gasteiger partial charge in [0.05, 0.1) is 11.9 Å². The van der Waals surface area contributed by atoms with E-state index in [-0.39, 0.29) is 0 Å². The molecule has 2 heterocycles. The number of nitrogens with zero attached hydrogens (tertiary/aromatic N) is 2. The minimum absolute atomic E-state index is 0.705. The van der Waals surface area contributed by atoms with Crippen LogP contribution in [0.25, 0.3) is 11.8 Å². The molecule has 0 aliphatic rings. The standard InChI is InChI=1S/C19H18N4/c1-14-9-11-22-19(23-16-8-5-10-21-13-16)17(14)12-18(20)15-6-3-2-4-7-15/h2-13H,20H2,1H3,(H,22,23)/b18-12-. The van der Waals surface area contributed by atoms with Crippen LogP contribution < -0.4 is 11.1 Å². The fourth-order valence-corrected chi connectivity index (χ4v) is 2.29. The van der Waals surface area contributed by atoms with Crippen LogP contribution in [0.4, 0.5) is 11.5 Å². The maximum atomic E-state index is 6.25. The van der Waals surface area contributed by atoms with Gasteiger partial charge in [-0.2, -0.15) is 0 Å². The summed E-state index contributed by atoms with van der Waals surface area (Å²) in [7, 11) is 0. The summed E-state index contributed by atoms with van der Waals surface area (Å²) < 4.78 is 0. The zero-order chi connectivity index (χ0) is 16.1. The number of nitrogens with one attached hydrogen (secondary N) is 1. The van der Waals surface area contributed by atoms with Crippen molar-refractivity contribution in [2.24, 2.45) is 5.73 Å². The Balaban J connectivity index is 1.99. The summed E-state index contributed by atoms with van der Waals surface area (Å²) in [6, 6.07) is 15.7. The van der Waals surface area contributed by atoms with Crippen molar-refractivity contribution in [3.05, 3.63) is 83.8 Å². The molecule has 114 valence electrons. The summed E-state index contributed by atoms with van der Waals surface area (Å²) in [6.45, 7) is 2.04. The van der Waals surface area contributed by atoms with E-state index in [0.29, 0.717) is 5.70 Å². The van der Waals surface area contributed by atoms with Gasteiger partial charge >= 0.3 is 0 Å². The van der Waals surface area contributed by atoms with Gasteiger partial charge in [0.1, 0.15) is 5.82 Å². The zero-order valence-electron chi connectivity index (χ0n) is 12.9. The summed E-state index contributed by atoms with van der Waals surface area (Å²) in [5.74, 6) is 0.761. The van der Waals surface area contributed by atoms with Crippen LogP contribution in [0.5, 0.6) is 0 Å². The summed E-state index contributed by atoms with van der Waals surface area (Å²) in [4.78, 5) is 8.55. The molecular weight excluding hydrogens is 284 g/mol. The van der Waals surface area contributed by atoms with Crippen LogP contribution in [-0.4, -0.2) is 9.97 Å². The quantitative estimate of drug-likeness (QED) is 0.765. The van der Waals surface area contributed by atoms with E-state index in [0.717, 1.165) is 28.2 Å². The Morgan fingerprint density at radius 1 is 1.04 bits per heavy atom. The van der Waals surface area contributed by atoms with E-state index in [9.17, 15) is 0 Å². The van der Waals surface area contributed by atoms with Gasteiger partial charge in [-0.3, -0.25) is 4.98 Å². The number of benzene rings is 1. The van der Waals surface area contributed by atoms with Crippen molar-refractivity contribution in [1.82, 2.24) is 9.97 Å². The first-order valence-corrected chi connectivity index (χ1v) is 7.39. The molecule has 0 aliphatic carbocycles. The smallest absolute Gasteiger partial charge is 0.137 e. The third-order valence-electron chi connectivity index (χ3n) is 3.54. The molecule has 0 saturated carbocycles. The second kappa shape index (κ2) is 6.75. The number of aryl methyl sites for hydroxylation is 1. The van der Waals surface area contributed by atoms with Gasteiger partial charge in [-0.1, -0.05) is 30.3 Å². The lowest BCUT2D eigenvalue weighted by Gasteiger charge is -2.11. The molecule has 0 fully saturated rings. The predicted octanol–water partition coefficient (Wildman–Crippen LogP) is 3.99. The molecule has 0 atom stereocenters. The summed E-state index contributed by atoms with van der Waals surface area (Å²) in [5, 5.41) is 3.30. The Hall–Kier alpha value is -3.14. The van der Waals surface area contributed by atoms with Gasteiger partial charge in [0, 0.05) is 23.7 Å². The molecule has 1 aromatic carbocycles. The van der Waals surface area contributed by atoms with E-state index in [1.165, 1.54) is 0 Å². The fraction of sp³-hybridized carbons (Fsp3) is 0.0526. The molecule has 23 heavy (non-hydrogen) atoms. The Morgan fingerprint density at radius 3 is 2.61 bits per heavy atom. The Bertz CT molecular complexity index is 811. The first-order chi connectivity index (χ1) is 11.2. The number of hydrogen-bond acceptors (Lipinski definition) is 4. The van der Waals surface area contributed by atoms with Crippen molar-refractivity contribution in [1.29, 1.82) is 0 Å². The highest BCUT2D eigenvalue weighted by atomic mass is 15.0. The average Bonchev–Trinajstić information content (AvgIpc) is 2.59. The molecule has 3 rings (SSSR count).